The molecule has 0 radical (unpaired) electrons. The minimum absolute atomic E-state index is 0.160. The normalized spacial score (nSPS) is 21.7. The first-order valence-electron chi connectivity index (χ1n) is 9.74. The van der Waals surface area contributed by atoms with E-state index in [1.807, 2.05) is 19.2 Å². The van der Waals surface area contributed by atoms with Gasteiger partial charge in [0.05, 0.1) is 27.4 Å². The molecule has 0 saturated carbocycles. The highest BCUT2D eigenvalue weighted by molar-refractivity contribution is 5.98. The van der Waals surface area contributed by atoms with Crippen LogP contribution < -0.4 is 23.7 Å². The van der Waals surface area contributed by atoms with Crippen molar-refractivity contribution >= 4 is 5.97 Å². The fourth-order valence-corrected chi connectivity index (χ4v) is 4.71. The Kier molecular flexibility index (Phi) is 4.39. The minimum atomic E-state index is -0.523. The Hall–Kier alpha value is -3.13. The van der Waals surface area contributed by atoms with E-state index in [9.17, 15) is 4.79 Å². The second-order valence-electron chi connectivity index (χ2n) is 7.48. The second-order valence-corrected chi connectivity index (χ2v) is 7.48. The Balaban J connectivity index is 1.69. The molecule has 0 N–H and O–H groups in total. The number of benzene rings is 2. The largest absolute Gasteiger partial charge is 0.493 e. The van der Waals surface area contributed by atoms with Gasteiger partial charge in [0.2, 0.25) is 12.5 Å². The Morgan fingerprint density at radius 3 is 2.60 bits per heavy atom. The number of fused-ring (bicyclic) bond motifs is 3. The van der Waals surface area contributed by atoms with Gasteiger partial charge in [-0.25, -0.2) is 4.79 Å². The third-order valence-electron chi connectivity index (χ3n) is 6.06. The van der Waals surface area contributed by atoms with Crippen LogP contribution in [0.15, 0.2) is 18.2 Å². The molecule has 1 unspecified atom stereocenters. The number of ether oxygens (including phenoxy) is 6. The van der Waals surface area contributed by atoms with E-state index in [0.717, 1.165) is 29.7 Å². The molecule has 2 aromatic rings. The zero-order valence-corrected chi connectivity index (χ0v) is 17.3. The van der Waals surface area contributed by atoms with Crippen LogP contribution in [0.5, 0.6) is 28.7 Å². The summed E-state index contributed by atoms with van der Waals surface area (Å²) in [6.45, 7) is 0.963. The van der Waals surface area contributed by atoms with Gasteiger partial charge in [-0.2, -0.15) is 0 Å². The zero-order valence-electron chi connectivity index (χ0n) is 17.3. The van der Waals surface area contributed by atoms with E-state index >= 15 is 0 Å². The molecule has 0 fully saturated rings. The van der Waals surface area contributed by atoms with Crippen molar-refractivity contribution in [3.8, 4) is 28.7 Å². The lowest BCUT2D eigenvalue weighted by Gasteiger charge is -2.38. The summed E-state index contributed by atoms with van der Waals surface area (Å²) < 4.78 is 33.8. The highest BCUT2D eigenvalue weighted by Gasteiger charge is 2.46. The minimum Gasteiger partial charge on any atom is -0.493 e. The van der Waals surface area contributed by atoms with E-state index in [2.05, 4.69) is 4.90 Å². The molecule has 0 amide bonds. The number of methoxy groups -OCH3 is 3. The van der Waals surface area contributed by atoms with Crippen LogP contribution in [0.4, 0.5) is 0 Å². The third kappa shape index (κ3) is 2.53. The smallest absolute Gasteiger partial charge is 0.343 e. The highest BCUT2D eigenvalue weighted by atomic mass is 16.7. The van der Waals surface area contributed by atoms with Crippen LogP contribution in [-0.4, -0.2) is 52.6 Å². The lowest BCUT2D eigenvalue weighted by atomic mass is 9.85. The Labute approximate surface area is 174 Å². The van der Waals surface area contributed by atoms with Gasteiger partial charge in [0.25, 0.3) is 0 Å². The average molecular weight is 413 g/mol. The fraction of sp³-hybridized carbons (Fsp3) is 0.409. The molecule has 0 aliphatic carbocycles. The molecule has 0 saturated heterocycles. The van der Waals surface area contributed by atoms with Crippen molar-refractivity contribution in [1.82, 2.24) is 4.90 Å². The number of likely N-dealkylation sites (N-methyl/N-ethyl adjacent to an activating group) is 1. The van der Waals surface area contributed by atoms with Gasteiger partial charge < -0.3 is 28.4 Å². The van der Waals surface area contributed by atoms with Crippen LogP contribution >= 0.6 is 0 Å². The maximum atomic E-state index is 12.9. The standard InChI is InChI=1S/C22H23NO7/c1-23-8-7-11-9-14-20(29-10-28-14)21(27-4)15(11)17(23)18-12-5-6-13(25-2)19(26-3)16(12)22(24)30-18/h5-6,9,17-18H,7-8,10H2,1-4H3/t17-,18?/m1/s1. The van der Waals surface area contributed by atoms with Crippen molar-refractivity contribution in [3.05, 3.63) is 40.5 Å². The lowest BCUT2D eigenvalue weighted by molar-refractivity contribution is 0.00874. The highest BCUT2D eigenvalue weighted by Crippen LogP contribution is 2.55. The van der Waals surface area contributed by atoms with Crippen molar-refractivity contribution in [2.24, 2.45) is 0 Å². The predicted octanol–water partition coefficient (Wildman–Crippen LogP) is 2.88. The number of hydrogen-bond donors (Lipinski definition) is 0. The summed E-state index contributed by atoms with van der Waals surface area (Å²) in [5.41, 5.74) is 3.23. The van der Waals surface area contributed by atoms with E-state index in [1.54, 1.807) is 20.3 Å². The first-order chi connectivity index (χ1) is 14.6. The van der Waals surface area contributed by atoms with E-state index < -0.39 is 12.1 Å². The monoisotopic (exact) mass is 413 g/mol. The second kappa shape index (κ2) is 6.98. The number of nitrogens with zero attached hydrogens (tertiary/aromatic N) is 1. The Bertz CT molecular complexity index is 1030. The number of hydrogen-bond acceptors (Lipinski definition) is 8. The molecule has 3 heterocycles. The molecular weight excluding hydrogens is 390 g/mol. The number of rotatable bonds is 4. The third-order valence-corrected chi connectivity index (χ3v) is 6.06. The summed E-state index contributed by atoms with van der Waals surface area (Å²) in [6.07, 6.45) is 0.306. The fourth-order valence-electron chi connectivity index (χ4n) is 4.71. The zero-order chi connectivity index (χ0) is 21.0. The van der Waals surface area contributed by atoms with Gasteiger partial charge in [0.15, 0.2) is 23.0 Å². The maximum Gasteiger partial charge on any atom is 0.343 e. The van der Waals surface area contributed by atoms with Crippen molar-refractivity contribution in [3.63, 3.8) is 0 Å². The summed E-state index contributed by atoms with van der Waals surface area (Å²) in [7, 11) is 6.70. The van der Waals surface area contributed by atoms with Crippen LogP contribution in [0.3, 0.4) is 0 Å². The molecule has 8 heteroatoms. The molecule has 3 aliphatic rings. The molecule has 2 atom stereocenters. The first kappa shape index (κ1) is 18.9. The van der Waals surface area contributed by atoms with Crippen molar-refractivity contribution < 1.29 is 33.2 Å². The van der Waals surface area contributed by atoms with Crippen molar-refractivity contribution in [1.29, 1.82) is 0 Å². The van der Waals surface area contributed by atoms with Gasteiger partial charge in [-0.05, 0) is 31.2 Å². The molecule has 30 heavy (non-hydrogen) atoms. The topological polar surface area (TPSA) is 75.7 Å². The summed E-state index contributed by atoms with van der Waals surface area (Å²) in [5, 5.41) is 0. The summed E-state index contributed by atoms with van der Waals surface area (Å²) in [6, 6.07) is 5.43. The molecule has 3 aliphatic heterocycles. The van der Waals surface area contributed by atoms with E-state index in [1.165, 1.54) is 7.11 Å². The van der Waals surface area contributed by atoms with Gasteiger partial charge in [0.1, 0.15) is 11.7 Å². The summed E-state index contributed by atoms with van der Waals surface area (Å²) >= 11 is 0. The van der Waals surface area contributed by atoms with Gasteiger partial charge >= 0.3 is 5.97 Å². The number of cyclic esters (lactones) is 1. The summed E-state index contributed by atoms with van der Waals surface area (Å²) in [5.74, 6) is 2.36. The molecule has 158 valence electrons. The molecule has 0 aromatic heterocycles. The van der Waals surface area contributed by atoms with Gasteiger partial charge in [-0.3, -0.25) is 4.90 Å². The quantitative estimate of drug-likeness (QED) is 0.709. The lowest BCUT2D eigenvalue weighted by Crippen LogP contribution is -2.36. The Morgan fingerprint density at radius 2 is 1.87 bits per heavy atom. The molecule has 2 aromatic carbocycles. The Morgan fingerprint density at radius 1 is 1.07 bits per heavy atom. The number of esters is 1. The molecule has 8 nitrogen and oxygen atoms in total. The predicted molar refractivity (Wildman–Crippen MR) is 106 cm³/mol. The first-order valence-corrected chi connectivity index (χ1v) is 9.74. The van der Waals surface area contributed by atoms with Crippen LogP contribution in [0.2, 0.25) is 0 Å². The van der Waals surface area contributed by atoms with Crippen LogP contribution in [-0.2, 0) is 11.2 Å². The van der Waals surface area contributed by atoms with Crippen molar-refractivity contribution in [2.75, 3.05) is 41.7 Å². The van der Waals surface area contributed by atoms with E-state index in [4.69, 9.17) is 28.4 Å². The van der Waals surface area contributed by atoms with Crippen molar-refractivity contribution in [2.45, 2.75) is 18.6 Å². The number of carbonyl (C=O) groups excluding carboxylic acids is 1. The van der Waals surface area contributed by atoms with Crippen LogP contribution in [0, 0.1) is 0 Å². The molecule has 0 bridgehead atoms. The average Bonchev–Trinajstić information content (AvgIpc) is 3.35. The van der Waals surface area contributed by atoms with Gasteiger partial charge in [-0.1, -0.05) is 6.07 Å². The van der Waals surface area contributed by atoms with Crippen LogP contribution in [0.1, 0.15) is 39.2 Å². The molecule has 0 spiro atoms. The van der Waals surface area contributed by atoms with Gasteiger partial charge in [0, 0.05) is 17.7 Å². The van der Waals surface area contributed by atoms with E-state index in [0.29, 0.717) is 34.3 Å². The number of carbonyl (C=O) groups is 1. The van der Waals surface area contributed by atoms with E-state index in [-0.39, 0.29) is 12.8 Å². The SMILES string of the molecule is COc1ccc2c(c1OC)C(=O)OC2[C@H]1c2c(cc3c(c2OC)OCO3)CCN1C. The maximum absolute atomic E-state index is 12.9. The summed E-state index contributed by atoms with van der Waals surface area (Å²) in [4.78, 5) is 15.1. The van der Waals surface area contributed by atoms with Crippen LogP contribution in [0.25, 0.3) is 0 Å². The van der Waals surface area contributed by atoms with Gasteiger partial charge in [-0.15, -0.1) is 0 Å². The molecular formula is C22H23NO7. The molecule has 5 rings (SSSR count).